The van der Waals surface area contributed by atoms with Crippen LogP contribution < -0.4 is 5.32 Å². The summed E-state index contributed by atoms with van der Waals surface area (Å²) < 4.78 is 0. The maximum atomic E-state index is 6.20. The van der Waals surface area contributed by atoms with Crippen molar-refractivity contribution in [3.63, 3.8) is 0 Å². The lowest BCUT2D eigenvalue weighted by atomic mass is 10.1. The molecule has 0 aromatic heterocycles. The Morgan fingerprint density at radius 3 is 2.60 bits per heavy atom. The Balaban J connectivity index is 2.12. The van der Waals surface area contributed by atoms with Gasteiger partial charge in [-0.1, -0.05) is 29.8 Å². The third kappa shape index (κ3) is 2.51. The summed E-state index contributed by atoms with van der Waals surface area (Å²) in [5.74, 6) is 0. The van der Waals surface area contributed by atoms with Crippen LogP contribution in [0.2, 0.25) is 5.02 Å². The van der Waals surface area contributed by atoms with Crippen LogP contribution in [-0.2, 0) is 0 Å². The Labute approximate surface area is 96.2 Å². The summed E-state index contributed by atoms with van der Waals surface area (Å²) in [5, 5.41) is 4.24. The van der Waals surface area contributed by atoms with E-state index < -0.39 is 0 Å². The SMILES string of the molecule is C[C@H](c1ccccc1Cl)N1CCNCC1. The minimum atomic E-state index is 0.417. The summed E-state index contributed by atoms with van der Waals surface area (Å²) in [5.41, 5.74) is 1.24. The Morgan fingerprint density at radius 1 is 1.27 bits per heavy atom. The predicted octanol–water partition coefficient (Wildman–Crippen LogP) is 2.31. The van der Waals surface area contributed by atoms with Gasteiger partial charge in [0.25, 0.3) is 0 Å². The molecule has 2 rings (SSSR count). The van der Waals surface area contributed by atoms with Gasteiger partial charge in [-0.25, -0.2) is 0 Å². The smallest absolute Gasteiger partial charge is 0.0453 e. The number of benzene rings is 1. The van der Waals surface area contributed by atoms with Gasteiger partial charge in [0.15, 0.2) is 0 Å². The van der Waals surface area contributed by atoms with E-state index in [2.05, 4.69) is 29.3 Å². The van der Waals surface area contributed by atoms with Crippen molar-refractivity contribution in [2.75, 3.05) is 26.2 Å². The van der Waals surface area contributed by atoms with E-state index in [9.17, 15) is 0 Å². The molecule has 1 aromatic rings. The van der Waals surface area contributed by atoms with Gasteiger partial charge in [0.2, 0.25) is 0 Å². The van der Waals surface area contributed by atoms with Crippen LogP contribution in [0.25, 0.3) is 0 Å². The van der Waals surface area contributed by atoms with Crippen LogP contribution >= 0.6 is 11.6 Å². The lowest BCUT2D eigenvalue weighted by molar-refractivity contribution is 0.185. The molecule has 3 heteroatoms. The first-order valence-corrected chi connectivity index (χ1v) is 5.86. The zero-order chi connectivity index (χ0) is 10.7. The second kappa shape index (κ2) is 4.97. The number of hydrogen-bond acceptors (Lipinski definition) is 2. The molecule has 1 aliphatic heterocycles. The molecule has 1 atom stereocenters. The average molecular weight is 225 g/mol. The summed E-state index contributed by atoms with van der Waals surface area (Å²) >= 11 is 6.20. The molecular formula is C12H17ClN2. The first kappa shape index (κ1) is 10.9. The van der Waals surface area contributed by atoms with Crippen LogP contribution in [0.3, 0.4) is 0 Å². The van der Waals surface area contributed by atoms with Crippen LogP contribution in [0, 0.1) is 0 Å². The average Bonchev–Trinajstić information content (AvgIpc) is 2.30. The van der Waals surface area contributed by atoms with Gasteiger partial charge in [-0.3, -0.25) is 4.90 Å². The van der Waals surface area contributed by atoms with Crippen LogP contribution in [-0.4, -0.2) is 31.1 Å². The summed E-state index contributed by atoms with van der Waals surface area (Å²) in [6, 6.07) is 8.54. The second-order valence-electron chi connectivity index (χ2n) is 3.98. The zero-order valence-electron chi connectivity index (χ0n) is 9.04. The number of rotatable bonds is 2. The summed E-state index contributed by atoms with van der Waals surface area (Å²) in [4.78, 5) is 2.47. The summed E-state index contributed by atoms with van der Waals surface area (Å²) in [7, 11) is 0. The van der Waals surface area contributed by atoms with Crippen LogP contribution in [0.15, 0.2) is 24.3 Å². The van der Waals surface area contributed by atoms with E-state index in [4.69, 9.17) is 11.6 Å². The molecule has 1 saturated heterocycles. The Morgan fingerprint density at radius 2 is 1.93 bits per heavy atom. The monoisotopic (exact) mass is 224 g/mol. The van der Waals surface area contributed by atoms with E-state index in [0.717, 1.165) is 31.2 Å². The molecule has 1 aromatic carbocycles. The molecule has 0 bridgehead atoms. The highest BCUT2D eigenvalue weighted by Crippen LogP contribution is 2.26. The molecular weight excluding hydrogens is 208 g/mol. The largest absolute Gasteiger partial charge is 0.314 e. The van der Waals surface area contributed by atoms with Gasteiger partial charge in [-0.2, -0.15) is 0 Å². The Kier molecular flexibility index (Phi) is 3.62. The lowest BCUT2D eigenvalue weighted by Crippen LogP contribution is -2.44. The fourth-order valence-electron chi connectivity index (χ4n) is 2.08. The van der Waals surface area contributed by atoms with E-state index in [1.807, 2.05) is 12.1 Å². The third-order valence-electron chi connectivity index (χ3n) is 3.05. The van der Waals surface area contributed by atoms with Crippen molar-refractivity contribution in [2.45, 2.75) is 13.0 Å². The van der Waals surface area contributed by atoms with E-state index >= 15 is 0 Å². The number of nitrogens with one attached hydrogen (secondary N) is 1. The van der Waals surface area contributed by atoms with Crippen molar-refractivity contribution in [3.05, 3.63) is 34.9 Å². The van der Waals surface area contributed by atoms with Crippen LogP contribution in [0.1, 0.15) is 18.5 Å². The number of halogens is 1. The summed E-state index contributed by atoms with van der Waals surface area (Å²) in [6.07, 6.45) is 0. The van der Waals surface area contributed by atoms with E-state index in [1.54, 1.807) is 0 Å². The minimum absolute atomic E-state index is 0.417. The molecule has 0 spiro atoms. The highest BCUT2D eigenvalue weighted by Gasteiger charge is 2.19. The Bertz CT molecular complexity index is 321. The zero-order valence-corrected chi connectivity index (χ0v) is 9.80. The van der Waals surface area contributed by atoms with Crippen molar-refractivity contribution >= 4 is 11.6 Å². The molecule has 0 aliphatic carbocycles. The molecule has 1 aliphatic rings. The van der Waals surface area contributed by atoms with Gasteiger partial charge in [0, 0.05) is 37.2 Å². The molecule has 1 heterocycles. The minimum Gasteiger partial charge on any atom is -0.314 e. The molecule has 0 unspecified atom stereocenters. The quantitative estimate of drug-likeness (QED) is 0.830. The van der Waals surface area contributed by atoms with Gasteiger partial charge in [0.05, 0.1) is 0 Å². The highest BCUT2D eigenvalue weighted by atomic mass is 35.5. The fourth-order valence-corrected chi connectivity index (χ4v) is 2.37. The molecule has 15 heavy (non-hydrogen) atoms. The first-order chi connectivity index (χ1) is 7.29. The van der Waals surface area contributed by atoms with Crippen molar-refractivity contribution in [3.8, 4) is 0 Å². The molecule has 0 radical (unpaired) electrons. The molecule has 82 valence electrons. The summed E-state index contributed by atoms with van der Waals surface area (Å²) in [6.45, 7) is 6.59. The predicted molar refractivity (Wildman–Crippen MR) is 64.3 cm³/mol. The Hall–Kier alpha value is -0.570. The van der Waals surface area contributed by atoms with E-state index in [-0.39, 0.29) is 0 Å². The molecule has 1 N–H and O–H groups in total. The van der Waals surface area contributed by atoms with Crippen molar-refractivity contribution in [1.82, 2.24) is 10.2 Å². The second-order valence-corrected chi connectivity index (χ2v) is 4.39. The van der Waals surface area contributed by atoms with E-state index in [1.165, 1.54) is 5.56 Å². The number of nitrogens with zero attached hydrogens (tertiary/aromatic N) is 1. The molecule has 0 saturated carbocycles. The van der Waals surface area contributed by atoms with Crippen LogP contribution in [0.4, 0.5) is 0 Å². The highest BCUT2D eigenvalue weighted by molar-refractivity contribution is 6.31. The molecule has 1 fully saturated rings. The maximum Gasteiger partial charge on any atom is 0.0453 e. The topological polar surface area (TPSA) is 15.3 Å². The normalized spacial score (nSPS) is 20.1. The standard InChI is InChI=1S/C12H17ClN2/c1-10(15-8-6-14-7-9-15)11-4-2-3-5-12(11)13/h2-5,10,14H,6-9H2,1H3/t10-/m1/s1. The maximum absolute atomic E-state index is 6.20. The number of hydrogen-bond donors (Lipinski definition) is 1. The van der Waals surface area contributed by atoms with Crippen molar-refractivity contribution in [1.29, 1.82) is 0 Å². The van der Waals surface area contributed by atoms with E-state index in [0.29, 0.717) is 6.04 Å². The van der Waals surface area contributed by atoms with Gasteiger partial charge in [0.1, 0.15) is 0 Å². The first-order valence-electron chi connectivity index (χ1n) is 5.48. The molecule has 2 nitrogen and oxygen atoms in total. The fraction of sp³-hybridized carbons (Fsp3) is 0.500. The van der Waals surface area contributed by atoms with Crippen molar-refractivity contribution in [2.24, 2.45) is 0 Å². The van der Waals surface area contributed by atoms with Gasteiger partial charge < -0.3 is 5.32 Å². The van der Waals surface area contributed by atoms with Crippen molar-refractivity contribution < 1.29 is 0 Å². The molecule has 0 amide bonds. The van der Waals surface area contributed by atoms with Gasteiger partial charge in [-0.05, 0) is 18.6 Å². The lowest BCUT2D eigenvalue weighted by Gasteiger charge is -2.33. The van der Waals surface area contributed by atoms with Gasteiger partial charge >= 0.3 is 0 Å². The third-order valence-corrected chi connectivity index (χ3v) is 3.40. The number of piperazine rings is 1. The van der Waals surface area contributed by atoms with Gasteiger partial charge in [-0.15, -0.1) is 0 Å². The van der Waals surface area contributed by atoms with Crippen LogP contribution in [0.5, 0.6) is 0 Å².